The minimum atomic E-state index is -0.477. The zero-order valence-electron chi connectivity index (χ0n) is 17.1. The number of carbonyl (C=O) groups is 1. The Hall–Kier alpha value is -3.45. The number of fused-ring (bicyclic) bond motifs is 2. The van der Waals surface area contributed by atoms with Crippen molar-refractivity contribution in [3.05, 3.63) is 59.5 Å². The third-order valence-corrected chi connectivity index (χ3v) is 5.75. The number of morpholine rings is 1. The van der Waals surface area contributed by atoms with Crippen molar-refractivity contribution in [3.8, 4) is 5.69 Å². The predicted octanol–water partition coefficient (Wildman–Crippen LogP) is 3.13. The number of ether oxygens (including phenoxy) is 1. The van der Waals surface area contributed by atoms with Gasteiger partial charge in [-0.3, -0.25) is 14.3 Å². The van der Waals surface area contributed by atoms with Crippen molar-refractivity contribution in [1.29, 1.82) is 0 Å². The number of nitrogens with two attached hydrogens (primary N) is 1. The number of primary amides is 1. The number of para-hydroxylation sites is 1. The molecule has 2 N–H and O–H groups in total. The van der Waals surface area contributed by atoms with E-state index < -0.39 is 5.91 Å². The fourth-order valence-electron chi connectivity index (χ4n) is 4.28. The number of hydrogen-bond acceptors (Lipinski definition) is 5. The highest BCUT2D eigenvalue weighted by molar-refractivity contribution is 6.06. The number of carbonyl (C=O) groups excluding carboxylic acids is 1. The summed E-state index contributed by atoms with van der Waals surface area (Å²) in [6, 6.07) is 12.1. The van der Waals surface area contributed by atoms with Crippen molar-refractivity contribution in [1.82, 2.24) is 14.5 Å². The predicted molar refractivity (Wildman–Crippen MR) is 117 cm³/mol. The van der Waals surface area contributed by atoms with Gasteiger partial charge in [-0.25, -0.2) is 4.98 Å². The molecule has 1 amide bonds. The van der Waals surface area contributed by atoms with Gasteiger partial charge >= 0.3 is 0 Å². The summed E-state index contributed by atoms with van der Waals surface area (Å²) in [5.74, 6) is 0.316. The molecule has 0 radical (unpaired) electrons. The number of anilines is 1. The largest absolute Gasteiger partial charge is 0.378 e. The third-order valence-electron chi connectivity index (χ3n) is 5.75. The van der Waals surface area contributed by atoms with Crippen LogP contribution in [0.3, 0.4) is 0 Å². The molecule has 3 heterocycles. The standard InChI is InChI=1S/C23H23N5O2/c1-14-4-3-5-17-19(6-7-25-21(14)17)28-15(2)26-22-18(23(24)29)12-16(13-20(22)28)27-8-10-30-11-9-27/h3-7,12-13H,8-11H2,1-2H3,(H2,24,29). The number of imidazole rings is 1. The lowest BCUT2D eigenvalue weighted by Crippen LogP contribution is -2.36. The maximum atomic E-state index is 12.3. The van der Waals surface area contributed by atoms with E-state index >= 15 is 0 Å². The van der Waals surface area contributed by atoms with Crippen LogP contribution in [0.4, 0.5) is 5.69 Å². The highest BCUT2D eigenvalue weighted by Gasteiger charge is 2.21. The van der Waals surface area contributed by atoms with Crippen LogP contribution in [0.5, 0.6) is 0 Å². The van der Waals surface area contributed by atoms with Crippen LogP contribution >= 0.6 is 0 Å². The second-order valence-corrected chi connectivity index (χ2v) is 7.62. The van der Waals surface area contributed by atoms with Crippen LogP contribution in [0.25, 0.3) is 27.6 Å². The molecule has 0 bridgehead atoms. The summed E-state index contributed by atoms with van der Waals surface area (Å²) in [6.45, 7) is 6.87. The first-order valence-electron chi connectivity index (χ1n) is 10.0. The Morgan fingerprint density at radius 3 is 2.67 bits per heavy atom. The summed E-state index contributed by atoms with van der Waals surface area (Å²) in [7, 11) is 0. The van der Waals surface area contributed by atoms with Crippen LogP contribution in [0.2, 0.25) is 0 Å². The zero-order chi connectivity index (χ0) is 20.8. The zero-order valence-corrected chi connectivity index (χ0v) is 17.1. The lowest BCUT2D eigenvalue weighted by atomic mass is 10.1. The van der Waals surface area contributed by atoms with E-state index in [4.69, 9.17) is 15.5 Å². The number of aromatic nitrogens is 3. The normalized spacial score (nSPS) is 14.5. The van der Waals surface area contributed by atoms with Crippen LogP contribution in [-0.2, 0) is 4.74 Å². The molecule has 4 aromatic rings. The molecule has 2 aromatic carbocycles. The molecule has 7 heteroatoms. The van der Waals surface area contributed by atoms with Crippen LogP contribution in [0.15, 0.2) is 42.6 Å². The van der Waals surface area contributed by atoms with Gasteiger partial charge < -0.3 is 15.4 Å². The fraction of sp³-hybridized carbons (Fsp3) is 0.261. The average Bonchev–Trinajstić information content (AvgIpc) is 3.09. The molecule has 1 fully saturated rings. The van der Waals surface area contributed by atoms with Gasteiger partial charge in [0.05, 0.1) is 35.5 Å². The van der Waals surface area contributed by atoms with Crippen molar-refractivity contribution in [3.63, 3.8) is 0 Å². The molecule has 0 spiro atoms. The number of nitrogens with zero attached hydrogens (tertiary/aromatic N) is 4. The second kappa shape index (κ2) is 7.11. The van der Waals surface area contributed by atoms with Crippen LogP contribution in [0.1, 0.15) is 21.7 Å². The van der Waals surface area contributed by atoms with E-state index in [-0.39, 0.29) is 0 Å². The van der Waals surface area contributed by atoms with Gasteiger partial charge in [-0.1, -0.05) is 18.2 Å². The lowest BCUT2D eigenvalue weighted by Gasteiger charge is -2.29. The minimum Gasteiger partial charge on any atom is -0.378 e. The maximum absolute atomic E-state index is 12.3. The molecule has 1 aliphatic rings. The van der Waals surface area contributed by atoms with Crippen molar-refractivity contribution >= 4 is 33.5 Å². The lowest BCUT2D eigenvalue weighted by molar-refractivity contribution is 0.100. The van der Waals surface area contributed by atoms with Gasteiger partial charge in [0.1, 0.15) is 11.3 Å². The second-order valence-electron chi connectivity index (χ2n) is 7.62. The molecule has 152 valence electrons. The third kappa shape index (κ3) is 2.90. The van der Waals surface area contributed by atoms with Crippen molar-refractivity contribution in [2.24, 2.45) is 5.73 Å². The molecule has 0 aliphatic carbocycles. The van der Waals surface area contributed by atoms with Gasteiger partial charge in [-0.05, 0) is 37.6 Å². The highest BCUT2D eigenvalue weighted by Crippen LogP contribution is 2.32. The Bertz CT molecular complexity index is 1290. The minimum absolute atomic E-state index is 0.436. The van der Waals surface area contributed by atoms with Crippen LogP contribution in [-0.4, -0.2) is 46.7 Å². The Balaban J connectivity index is 1.81. The van der Waals surface area contributed by atoms with E-state index in [1.54, 1.807) is 0 Å². The van der Waals surface area contributed by atoms with E-state index in [1.165, 1.54) is 0 Å². The maximum Gasteiger partial charge on any atom is 0.251 e. The van der Waals surface area contributed by atoms with Gasteiger partial charge in [-0.15, -0.1) is 0 Å². The number of amides is 1. The van der Waals surface area contributed by atoms with E-state index in [0.717, 1.165) is 52.3 Å². The van der Waals surface area contributed by atoms with Crippen LogP contribution < -0.4 is 10.6 Å². The molecule has 30 heavy (non-hydrogen) atoms. The van der Waals surface area contributed by atoms with E-state index in [2.05, 4.69) is 39.6 Å². The van der Waals surface area contributed by atoms with Gasteiger partial charge in [0.2, 0.25) is 0 Å². The molecule has 5 rings (SSSR count). The monoisotopic (exact) mass is 401 g/mol. The van der Waals surface area contributed by atoms with Gasteiger partial charge in [-0.2, -0.15) is 0 Å². The van der Waals surface area contributed by atoms with E-state index in [9.17, 15) is 4.79 Å². The number of hydrogen-bond donors (Lipinski definition) is 1. The number of pyridine rings is 1. The molecule has 2 aromatic heterocycles. The van der Waals surface area contributed by atoms with Gasteiger partial charge in [0.15, 0.2) is 0 Å². The Kier molecular flexibility index (Phi) is 4.40. The summed E-state index contributed by atoms with van der Waals surface area (Å²) in [6.07, 6.45) is 1.82. The Morgan fingerprint density at radius 2 is 1.90 bits per heavy atom. The fourth-order valence-corrected chi connectivity index (χ4v) is 4.28. The van der Waals surface area contributed by atoms with Crippen LogP contribution in [0, 0.1) is 13.8 Å². The summed E-state index contributed by atoms with van der Waals surface area (Å²) < 4.78 is 7.58. The Morgan fingerprint density at radius 1 is 1.10 bits per heavy atom. The molecule has 0 atom stereocenters. The Labute approximate surface area is 174 Å². The number of benzene rings is 2. The quantitative estimate of drug-likeness (QED) is 0.570. The topological polar surface area (TPSA) is 86.3 Å². The van der Waals surface area contributed by atoms with E-state index in [1.807, 2.05) is 31.3 Å². The van der Waals surface area contributed by atoms with Gasteiger partial charge in [0.25, 0.3) is 5.91 Å². The smallest absolute Gasteiger partial charge is 0.251 e. The molecule has 0 unspecified atom stereocenters. The SMILES string of the molecule is Cc1cccc2c(-n3c(C)nc4c(C(N)=O)cc(N5CCOCC5)cc43)ccnc12. The first kappa shape index (κ1) is 18.6. The first-order chi connectivity index (χ1) is 14.5. The molecule has 7 nitrogen and oxygen atoms in total. The molecular formula is C23H23N5O2. The van der Waals surface area contributed by atoms with Gasteiger partial charge in [0, 0.05) is 30.4 Å². The number of aryl methyl sites for hydroxylation is 2. The summed E-state index contributed by atoms with van der Waals surface area (Å²) in [5.41, 5.74) is 11.7. The first-order valence-corrected chi connectivity index (χ1v) is 10.0. The van der Waals surface area contributed by atoms with Crippen molar-refractivity contribution in [2.45, 2.75) is 13.8 Å². The molecular weight excluding hydrogens is 378 g/mol. The van der Waals surface area contributed by atoms with Crippen molar-refractivity contribution < 1.29 is 9.53 Å². The van der Waals surface area contributed by atoms with E-state index in [0.29, 0.717) is 24.3 Å². The van der Waals surface area contributed by atoms with Crippen molar-refractivity contribution in [2.75, 3.05) is 31.2 Å². The molecule has 0 saturated carbocycles. The summed E-state index contributed by atoms with van der Waals surface area (Å²) in [4.78, 5) is 23.8. The highest BCUT2D eigenvalue weighted by atomic mass is 16.5. The molecule has 1 saturated heterocycles. The summed E-state index contributed by atoms with van der Waals surface area (Å²) in [5, 5.41) is 1.04. The summed E-state index contributed by atoms with van der Waals surface area (Å²) >= 11 is 0. The molecule has 1 aliphatic heterocycles. The average molecular weight is 401 g/mol. The number of rotatable bonds is 3.